The van der Waals surface area contributed by atoms with Crippen molar-refractivity contribution in [2.45, 2.75) is 12.6 Å². The van der Waals surface area contributed by atoms with E-state index < -0.39 is 24.6 Å². The molecule has 0 aliphatic heterocycles. The van der Waals surface area contributed by atoms with E-state index in [4.69, 9.17) is 15.7 Å². The summed E-state index contributed by atoms with van der Waals surface area (Å²) in [6.45, 7) is -0.488. The van der Waals surface area contributed by atoms with E-state index in [0.717, 1.165) is 5.56 Å². The standard InChI is InChI=1S/C11H15N3O4/c12-14-10(16)9(6-15)13-11(17)18-7-8-4-2-1-3-5-8/h1-5,9,15H,6-7,12H2,(H,13,17)(H,14,16)/t9-/m1/s1. The first-order valence-electron chi connectivity index (χ1n) is 5.26. The van der Waals surface area contributed by atoms with E-state index in [9.17, 15) is 9.59 Å². The Morgan fingerprint density at radius 2 is 2.00 bits per heavy atom. The van der Waals surface area contributed by atoms with Crippen molar-refractivity contribution in [3.8, 4) is 0 Å². The molecule has 1 atom stereocenters. The quantitative estimate of drug-likeness (QED) is 0.313. The summed E-state index contributed by atoms with van der Waals surface area (Å²) < 4.78 is 4.87. The highest BCUT2D eigenvalue weighted by atomic mass is 16.5. The maximum absolute atomic E-state index is 11.3. The number of carbonyl (C=O) groups is 2. The Balaban J connectivity index is 2.39. The van der Waals surface area contributed by atoms with E-state index >= 15 is 0 Å². The maximum atomic E-state index is 11.3. The van der Waals surface area contributed by atoms with Crippen molar-refractivity contribution in [1.82, 2.24) is 10.7 Å². The van der Waals surface area contributed by atoms with Crippen LogP contribution in [0.5, 0.6) is 0 Å². The minimum atomic E-state index is -1.13. The molecule has 0 heterocycles. The SMILES string of the molecule is NNC(=O)[C@@H](CO)NC(=O)OCc1ccccc1. The summed E-state index contributed by atoms with van der Waals surface area (Å²) >= 11 is 0. The van der Waals surface area contributed by atoms with E-state index in [1.54, 1.807) is 12.1 Å². The number of benzene rings is 1. The summed E-state index contributed by atoms with van der Waals surface area (Å²) in [5.74, 6) is 4.19. The lowest BCUT2D eigenvalue weighted by atomic mass is 10.2. The zero-order valence-corrected chi connectivity index (χ0v) is 9.63. The van der Waals surface area contributed by atoms with Crippen molar-refractivity contribution in [2.24, 2.45) is 5.84 Å². The maximum Gasteiger partial charge on any atom is 0.408 e. The van der Waals surface area contributed by atoms with Gasteiger partial charge in [0.2, 0.25) is 0 Å². The van der Waals surface area contributed by atoms with E-state index in [2.05, 4.69) is 5.32 Å². The third-order valence-corrected chi connectivity index (χ3v) is 2.15. The molecule has 5 N–H and O–H groups in total. The van der Waals surface area contributed by atoms with Gasteiger partial charge in [0.15, 0.2) is 0 Å². The Kier molecular flexibility index (Phi) is 5.62. The predicted molar refractivity (Wildman–Crippen MR) is 63.0 cm³/mol. The molecule has 1 aromatic rings. The molecule has 0 saturated heterocycles. The number of nitrogens with two attached hydrogens (primary N) is 1. The number of alkyl carbamates (subject to hydrolysis) is 1. The highest BCUT2D eigenvalue weighted by Gasteiger charge is 2.19. The van der Waals surface area contributed by atoms with Crippen LogP contribution in [0.15, 0.2) is 30.3 Å². The number of amides is 2. The van der Waals surface area contributed by atoms with Gasteiger partial charge in [-0.15, -0.1) is 0 Å². The average molecular weight is 253 g/mol. The van der Waals surface area contributed by atoms with Gasteiger partial charge in [-0.1, -0.05) is 30.3 Å². The van der Waals surface area contributed by atoms with Crippen LogP contribution in [0, 0.1) is 0 Å². The van der Waals surface area contributed by atoms with Crippen LogP contribution in [0.25, 0.3) is 0 Å². The number of carbonyl (C=O) groups excluding carboxylic acids is 2. The first-order chi connectivity index (χ1) is 8.67. The van der Waals surface area contributed by atoms with Crippen molar-refractivity contribution >= 4 is 12.0 Å². The molecule has 0 spiro atoms. The molecular weight excluding hydrogens is 238 g/mol. The van der Waals surface area contributed by atoms with Crippen LogP contribution in [0.2, 0.25) is 0 Å². The average Bonchev–Trinajstić information content (AvgIpc) is 2.42. The molecular formula is C11H15N3O4. The number of aliphatic hydroxyl groups is 1. The van der Waals surface area contributed by atoms with Gasteiger partial charge in [-0.05, 0) is 5.56 Å². The summed E-state index contributed by atoms with van der Waals surface area (Å²) in [7, 11) is 0. The number of hydrogen-bond acceptors (Lipinski definition) is 5. The molecule has 0 saturated carbocycles. The fourth-order valence-corrected chi connectivity index (χ4v) is 1.20. The summed E-state index contributed by atoms with van der Waals surface area (Å²) in [4.78, 5) is 22.4. The second kappa shape index (κ2) is 7.25. The summed E-state index contributed by atoms with van der Waals surface area (Å²) in [5.41, 5.74) is 2.64. The summed E-state index contributed by atoms with van der Waals surface area (Å²) in [6.07, 6.45) is -0.804. The number of hydrogen-bond donors (Lipinski definition) is 4. The second-order valence-electron chi connectivity index (χ2n) is 3.45. The van der Waals surface area contributed by atoms with Crippen LogP contribution in [0.1, 0.15) is 5.56 Å². The van der Waals surface area contributed by atoms with Crippen molar-refractivity contribution in [3.05, 3.63) is 35.9 Å². The lowest BCUT2D eigenvalue weighted by Crippen LogP contribution is -2.50. The van der Waals surface area contributed by atoms with Gasteiger partial charge in [-0.2, -0.15) is 0 Å². The van der Waals surface area contributed by atoms with Crippen molar-refractivity contribution < 1.29 is 19.4 Å². The molecule has 0 bridgehead atoms. The third-order valence-electron chi connectivity index (χ3n) is 2.15. The van der Waals surface area contributed by atoms with Gasteiger partial charge in [-0.25, -0.2) is 10.6 Å². The smallest absolute Gasteiger partial charge is 0.408 e. The van der Waals surface area contributed by atoms with Crippen molar-refractivity contribution in [3.63, 3.8) is 0 Å². The Morgan fingerprint density at radius 1 is 1.33 bits per heavy atom. The zero-order chi connectivity index (χ0) is 13.4. The lowest BCUT2D eigenvalue weighted by Gasteiger charge is -2.14. The Hall–Kier alpha value is -2.12. The summed E-state index contributed by atoms with van der Waals surface area (Å²) in [5, 5.41) is 11.1. The van der Waals surface area contributed by atoms with Gasteiger partial charge < -0.3 is 15.2 Å². The predicted octanol–water partition coefficient (Wildman–Crippen LogP) is -0.736. The molecule has 0 aliphatic rings. The molecule has 1 aromatic carbocycles. The molecule has 18 heavy (non-hydrogen) atoms. The minimum absolute atomic E-state index is 0.0784. The molecule has 0 aromatic heterocycles. The van der Waals surface area contributed by atoms with E-state index in [-0.39, 0.29) is 6.61 Å². The number of rotatable bonds is 5. The van der Waals surface area contributed by atoms with Crippen molar-refractivity contribution in [1.29, 1.82) is 0 Å². The van der Waals surface area contributed by atoms with E-state index in [1.165, 1.54) is 0 Å². The highest BCUT2D eigenvalue weighted by Crippen LogP contribution is 2.00. The monoisotopic (exact) mass is 253 g/mol. The van der Waals surface area contributed by atoms with Gasteiger partial charge in [-0.3, -0.25) is 10.2 Å². The first-order valence-corrected chi connectivity index (χ1v) is 5.26. The van der Waals surface area contributed by atoms with Crippen LogP contribution in [0.3, 0.4) is 0 Å². The van der Waals surface area contributed by atoms with Crippen LogP contribution < -0.4 is 16.6 Å². The molecule has 0 fully saturated rings. The molecule has 7 nitrogen and oxygen atoms in total. The largest absolute Gasteiger partial charge is 0.445 e. The zero-order valence-electron chi connectivity index (χ0n) is 9.63. The molecule has 0 aliphatic carbocycles. The molecule has 0 unspecified atom stereocenters. The van der Waals surface area contributed by atoms with Gasteiger partial charge in [0.25, 0.3) is 5.91 Å². The van der Waals surface area contributed by atoms with E-state index in [1.807, 2.05) is 23.6 Å². The Morgan fingerprint density at radius 3 is 2.56 bits per heavy atom. The topological polar surface area (TPSA) is 114 Å². The van der Waals surface area contributed by atoms with Gasteiger partial charge in [0.05, 0.1) is 6.61 Å². The number of hydrazine groups is 1. The number of nitrogens with one attached hydrogen (secondary N) is 2. The highest BCUT2D eigenvalue weighted by molar-refractivity contribution is 5.85. The third kappa shape index (κ3) is 4.40. The fourth-order valence-electron chi connectivity index (χ4n) is 1.20. The fraction of sp³-hybridized carbons (Fsp3) is 0.273. The van der Waals surface area contributed by atoms with Gasteiger partial charge in [0.1, 0.15) is 12.6 Å². The lowest BCUT2D eigenvalue weighted by molar-refractivity contribution is -0.124. The Bertz CT molecular complexity index is 397. The molecule has 0 radical (unpaired) electrons. The number of aliphatic hydroxyl groups excluding tert-OH is 1. The normalized spacial score (nSPS) is 11.4. The number of ether oxygens (including phenoxy) is 1. The van der Waals surface area contributed by atoms with Crippen LogP contribution in [-0.2, 0) is 16.1 Å². The molecule has 1 rings (SSSR count). The van der Waals surface area contributed by atoms with Crippen LogP contribution in [-0.4, -0.2) is 29.8 Å². The van der Waals surface area contributed by atoms with Gasteiger partial charge in [0, 0.05) is 0 Å². The van der Waals surface area contributed by atoms with Crippen molar-refractivity contribution in [2.75, 3.05) is 6.61 Å². The van der Waals surface area contributed by atoms with E-state index in [0.29, 0.717) is 0 Å². The first kappa shape index (κ1) is 13.9. The second-order valence-corrected chi connectivity index (χ2v) is 3.45. The van der Waals surface area contributed by atoms with Gasteiger partial charge >= 0.3 is 6.09 Å². The minimum Gasteiger partial charge on any atom is -0.445 e. The molecule has 2 amide bonds. The van der Waals surface area contributed by atoms with Crippen LogP contribution >= 0.6 is 0 Å². The molecule has 7 heteroatoms. The van der Waals surface area contributed by atoms with Crippen LogP contribution in [0.4, 0.5) is 4.79 Å². The summed E-state index contributed by atoms with van der Waals surface area (Å²) in [6, 6.07) is 7.94. The molecule has 98 valence electrons. The Labute approximate surface area is 104 Å².